The predicted octanol–water partition coefficient (Wildman–Crippen LogP) is 16.0. The van der Waals surface area contributed by atoms with Gasteiger partial charge in [-0.25, -0.2) is 0 Å². The first-order valence-electron chi connectivity index (χ1n) is 23.6. The molecule has 0 rings (SSSR count). The molecule has 0 spiro atoms. The molecule has 3 atom stereocenters. The van der Waals surface area contributed by atoms with E-state index in [9.17, 15) is 9.59 Å². The van der Waals surface area contributed by atoms with Gasteiger partial charge in [0.05, 0.1) is 7.11 Å². The van der Waals surface area contributed by atoms with E-state index in [0.717, 1.165) is 77.0 Å². The molecule has 330 valence electrons. The summed E-state index contributed by atoms with van der Waals surface area (Å²) < 4.78 is 18.7. The lowest BCUT2D eigenvalue weighted by Gasteiger charge is -2.39. The molecule has 0 heterocycles. The molecular formula is C49H96O5Si2. The minimum Gasteiger partial charge on any atom is -0.468 e. The predicted molar refractivity (Wildman–Crippen MR) is 250 cm³/mol. The van der Waals surface area contributed by atoms with E-state index in [-0.39, 0.29) is 21.8 Å². The molecule has 0 aliphatic heterocycles. The summed E-state index contributed by atoms with van der Waals surface area (Å²) in [5.41, 5.74) is 0. The van der Waals surface area contributed by atoms with Crippen molar-refractivity contribution in [2.45, 2.75) is 264 Å². The molecule has 0 saturated heterocycles. The van der Waals surface area contributed by atoms with E-state index in [1.807, 2.05) is 0 Å². The number of allylic oxidation sites excluding steroid dienone is 2. The summed E-state index contributed by atoms with van der Waals surface area (Å²) >= 11 is 0. The van der Waals surface area contributed by atoms with Crippen molar-refractivity contribution in [1.29, 1.82) is 0 Å². The zero-order valence-corrected chi connectivity index (χ0v) is 41.8. The fourth-order valence-electron chi connectivity index (χ4n) is 6.75. The highest BCUT2D eigenvalue weighted by molar-refractivity contribution is 6.74. The van der Waals surface area contributed by atoms with Gasteiger partial charge < -0.3 is 13.6 Å². The average molecular weight is 821 g/mol. The largest absolute Gasteiger partial charge is 0.468 e. The van der Waals surface area contributed by atoms with Crippen LogP contribution in [0, 0.1) is 5.92 Å². The van der Waals surface area contributed by atoms with Gasteiger partial charge >= 0.3 is 5.97 Å². The maximum Gasteiger partial charge on any atom is 0.316 e. The van der Waals surface area contributed by atoms with Crippen molar-refractivity contribution in [2.24, 2.45) is 5.92 Å². The Morgan fingerprint density at radius 3 is 1.30 bits per heavy atom. The third kappa shape index (κ3) is 26.2. The third-order valence-electron chi connectivity index (χ3n) is 12.7. The lowest BCUT2D eigenvalue weighted by molar-refractivity contribution is -0.149. The second-order valence-corrected chi connectivity index (χ2v) is 29.5. The number of carbonyl (C=O) groups excluding carboxylic acids is 2. The molecule has 0 aromatic heterocycles. The number of Topliss-reactive ketones (excluding diaryl/α,β-unsaturated/α-hetero) is 1. The first-order valence-corrected chi connectivity index (χ1v) is 29.4. The Kier molecular flexibility index (Phi) is 30.4. The van der Waals surface area contributed by atoms with E-state index in [2.05, 4.69) is 106 Å². The van der Waals surface area contributed by atoms with Crippen molar-refractivity contribution in [3.05, 3.63) is 24.3 Å². The van der Waals surface area contributed by atoms with Crippen LogP contribution in [0.2, 0.25) is 36.3 Å². The van der Waals surface area contributed by atoms with E-state index in [4.69, 9.17) is 13.6 Å². The smallest absolute Gasteiger partial charge is 0.316 e. The molecule has 0 saturated carbocycles. The van der Waals surface area contributed by atoms with E-state index >= 15 is 0 Å². The summed E-state index contributed by atoms with van der Waals surface area (Å²) in [6.07, 6.45) is 37.6. The Morgan fingerprint density at radius 1 is 0.518 bits per heavy atom. The summed E-state index contributed by atoms with van der Waals surface area (Å²) in [6, 6.07) is 0. The highest BCUT2D eigenvalue weighted by atomic mass is 28.4. The molecule has 5 nitrogen and oxygen atoms in total. The second-order valence-electron chi connectivity index (χ2n) is 20.0. The highest BCUT2D eigenvalue weighted by Gasteiger charge is 2.39. The van der Waals surface area contributed by atoms with Gasteiger partial charge in [0.25, 0.3) is 0 Å². The molecule has 0 aromatic rings. The van der Waals surface area contributed by atoms with Gasteiger partial charge in [0.1, 0.15) is 11.7 Å². The van der Waals surface area contributed by atoms with Crippen molar-refractivity contribution in [3.63, 3.8) is 0 Å². The number of hydrogen-bond donors (Lipinski definition) is 0. The number of rotatable bonds is 35. The number of methoxy groups -OCH3 is 1. The molecule has 1 unspecified atom stereocenters. The van der Waals surface area contributed by atoms with Crippen LogP contribution in [0.3, 0.4) is 0 Å². The van der Waals surface area contributed by atoms with Crippen LogP contribution in [0.15, 0.2) is 24.3 Å². The number of carbonyl (C=O) groups is 2. The third-order valence-corrected chi connectivity index (χ3v) is 21.8. The van der Waals surface area contributed by atoms with Gasteiger partial charge in [0.15, 0.2) is 16.6 Å². The SMILES string of the molecule is CCCCCC[C@H](C/C=C\CCCCCCCC(=O)C(CCCCCC/C=C\C[C@@H](CCCCCC)O[Si](C)(C)C(C)(C)C)C(=O)OC)O[Si](C)(C)C(C)(C)C. The highest BCUT2D eigenvalue weighted by Crippen LogP contribution is 2.39. The van der Waals surface area contributed by atoms with Crippen LogP contribution in [0.1, 0.15) is 216 Å². The van der Waals surface area contributed by atoms with Crippen molar-refractivity contribution in [3.8, 4) is 0 Å². The lowest BCUT2D eigenvalue weighted by Crippen LogP contribution is -2.43. The van der Waals surface area contributed by atoms with Gasteiger partial charge in [-0.2, -0.15) is 0 Å². The lowest BCUT2D eigenvalue weighted by atomic mass is 9.93. The number of hydrogen-bond acceptors (Lipinski definition) is 5. The Balaban J connectivity index is 4.47. The van der Waals surface area contributed by atoms with E-state index < -0.39 is 22.6 Å². The zero-order valence-electron chi connectivity index (χ0n) is 39.8. The molecule has 0 fully saturated rings. The van der Waals surface area contributed by atoms with Crippen LogP contribution in [0.25, 0.3) is 0 Å². The van der Waals surface area contributed by atoms with Gasteiger partial charge in [-0.1, -0.05) is 170 Å². The van der Waals surface area contributed by atoms with Crippen LogP contribution >= 0.6 is 0 Å². The first kappa shape index (κ1) is 55.0. The van der Waals surface area contributed by atoms with E-state index in [0.29, 0.717) is 25.0 Å². The van der Waals surface area contributed by atoms with Gasteiger partial charge in [-0.3, -0.25) is 9.59 Å². The number of unbranched alkanes of at least 4 members (excludes halogenated alkanes) is 15. The van der Waals surface area contributed by atoms with E-state index in [1.165, 1.54) is 77.7 Å². The van der Waals surface area contributed by atoms with Gasteiger partial charge in [0.2, 0.25) is 0 Å². The molecule has 0 N–H and O–H groups in total. The molecule has 0 bridgehead atoms. The van der Waals surface area contributed by atoms with Crippen molar-refractivity contribution in [2.75, 3.05) is 7.11 Å². The molecule has 56 heavy (non-hydrogen) atoms. The molecule has 0 aromatic carbocycles. The fourth-order valence-corrected chi connectivity index (χ4v) is 9.55. The van der Waals surface area contributed by atoms with Gasteiger partial charge in [-0.05, 0) is 100 Å². The standard InChI is InChI=1S/C49H96O5Si2/c1-14-16-18-31-37-43(53-55(10,11)48(3,4)5)39-33-27-23-20-21-26-30-36-42-46(50)45(47(51)52-9)41-35-29-25-22-24-28-34-40-44(38-32-19-17-15-2)54-56(12,13)49(6,7)8/h27-28,33-34,43-45H,14-26,29-32,35-42H2,1-13H3/b33-27-,34-28-/t43-,44-,45?/m1/s1. The number of ether oxygens (including phenoxy) is 1. The molecular weight excluding hydrogens is 725 g/mol. The van der Waals surface area contributed by atoms with Gasteiger partial charge in [0, 0.05) is 18.6 Å². The molecule has 0 aliphatic carbocycles. The minimum absolute atomic E-state index is 0.0658. The Morgan fingerprint density at radius 2 is 0.893 bits per heavy atom. The first-order chi connectivity index (χ1) is 26.3. The van der Waals surface area contributed by atoms with Crippen LogP contribution in [0.4, 0.5) is 0 Å². The molecule has 0 amide bonds. The van der Waals surface area contributed by atoms with Crippen molar-refractivity contribution in [1.82, 2.24) is 0 Å². The monoisotopic (exact) mass is 821 g/mol. The topological polar surface area (TPSA) is 61.8 Å². The van der Waals surface area contributed by atoms with Crippen LogP contribution < -0.4 is 0 Å². The van der Waals surface area contributed by atoms with E-state index in [1.54, 1.807) is 0 Å². The maximum absolute atomic E-state index is 13.0. The number of esters is 1. The quantitative estimate of drug-likeness (QED) is 0.0209. The summed E-state index contributed by atoms with van der Waals surface area (Å²) in [5.74, 6) is -0.890. The van der Waals surface area contributed by atoms with Crippen molar-refractivity contribution >= 4 is 28.4 Å². The van der Waals surface area contributed by atoms with Crippen LogP contribution in [0.5, 0.6) is 0 Å². The molecule has 0 aliphatic rings. The fraction of sp³-hybridized carbons (Fsp3) is 0.878. The second kappa shape index (κ2) is 30.9. The van der Waals surface area contributed by atoms with Crippen molar-refractivity contribution < 1.29 is 23.2 Å². The summed E-state index contributed by atoms with van der Waals surface area (Å²) in [6.45, 7) is 28.0. The molecule has 0 radical (unpaired) electrons. The number of ketones is 1. The minimum atomic E-state index is -1.79. The summed E-state index contributed by atoms with van der Waals surface area (Å²) in [4.78, 5) is 25.6. The van der Waals surface area contributed by atoms with Gasteiger partial charge in [-0.15, -0.1) is 0 Å². The average Bonchev–Trinajstić information content (AvgIpc) is 3.11. The Hall–Kier alpha value is -1.03. The summed E-state index contributed by atoms with van der Waals surface area (Å²) in [7, 11) is -2.15. The Bertz CT molecular complexity index is 1050. The summed E-state index contributed by atoms with van der Waals surface area (Å²) in [5, 5.41) is 0.466. The normalized spacial score (nSPS) is 14.8. The zero-order chi connectivity index (χ0) is 42.5. The van der Waals surface area contributed by atoms with Crippen LogP contribution in [-0.2, 0) is 23.2 Å². The van der Waals surface area contributed by atoms with Crippen LogP contribution in [-0.4, -0.2) is 47.7 Å². The molecule has 7 heteroatoms. The Labute approximate surface area is 352 Å². The maximum atomic E-state index is 13.0.